The highest BCUT2D eigenvalue weighted by Crippen LogP contribution is 2.58. The van der Waals surface area contributed by atoms with Gasteiger partial charge in [0.1, 0.15) is 36.6 Å². The molecule has 0 aromatic rings. The largest absolute Gasteiger partial charge is 0.481 e. The standard InChI is InChI=1S/C59H82O19/c1-25-13-31-7-9-35-26(2)14-33(64-35)11-12-57-23-44-53(77-57)54-55(71-44)56(78-57)52-36(68-54)10-8-32(66-52)15-47(63)72-51-30(6)50-41(67-40(51)17-37(65-31)29(25)5)18-39-43(70-50)22-59(73-39)24-45-49(76-59)28(4)21-58(75-45)20-27(3)48-42(74-58)16-34(60)38(69-48)19-46(61)62/h25,27-28,30-45,48-56,60H,2,5,7-24H2,1,3-4,6H3,(H,61,62)/t25-,27+,28+,30+,31+,32-,33+,34-,35+,36+,37-,38-,39-,40+,41+,42+,43-,44+,45+,48+,49+,50+,51-,52+,53?,54+,55-,56+,57+,58-,59+/m1/s1. The van der Waals surface area contributed by atoms with Gasteiger partial charge in [-0.2, -0.15) is 0 Å². The van der Waals surface area contributed by atoms with Gasteiger partial charge in [0.2, 0.25) is 0 Å². The summed E-state index contributed by atoms with van der Waals surface area (Å²) in [4.78, 5) is 26.1. The second-order valence-electron chi connectivity index (χ2n) is 27.1. The molecule has 16 aliphatic rings. The molecule has 16 heterocycles. The van der Waals surface area contributed by atoms with Crippen molar-refractivity contribution >= 4 is 11.9 Å². The number of hydrogen-bond acceptors (Lipinski definition) is 18. The van der Waals surface area contributed by atoms with Crippen LogP contribution in [-0.4, -0.2) is 186 Å². The van der Waals surface area contributed by atoms with E-state index in [1.165, 1.54) is 0 Å². The van der Waals surface area contributed by atoms with Crippen molar-refractivity contribution in [2.75, 3.05) is 0 Å². The molecule has 0 saturated carbocycles. The Labute approximate surface area is 456 Å². The SMILES string of the molecule is C=C1C[C@@H]2CC[C@@]34C[C@@H]5O[C@H]6[C@@H](O3)[C@H]3O[C@H](CC[C@@H]3O[C@H]6C5O4)CC(=O)O[C@@H]3[C@@H](C)[C@@H]4O[C@@H]5C[C@]6(C[C@@H]7O[C@]8(C[C@H](C)[C@@H]9O[C@H](CC(=O)O)[C@H](O)C[C@@H]9O8)C[C@H](C)[C@@H]7O6)O[C@@H]5C[C@@H]4O[C@H]3C[C@H]3O[C@@H](CC[C@@H]1O2)C[C@@H](C)C3=C. The van der Waals surface area contributed by atoms with Gasteiger partial charge in [-0.3, -0.25) is 9.59 Å². The molecule has 19 nitrogen and oxygen atoms in total. The molecule has 2 N–H and O–H groups in total. The first kappa shape index (κ1) is 52.6. The molecule has 16 aliphatic heterocycles. The third kappa shape index (κ3) is 8.98. The molecule has 0 amide bonds. The van der Waals surface area contributed by atoms with E-state index >= 15 is 0 Å². The number of fused-ring (bicyclic) bond motifs is 10. The van der Waals surface area contributed by atoms with Crippen LogP contribution in [0.1, 0.15) is 143 Å². The lowest BCUT2D eigenvalue weighted by Gasteiger charge is -2.54. The summed E-state index contributed by atoms with van der Waals surface area (Å²) in [6, 6.07) is 0. The van der Waals surface area contributed by atoms with Gasteiger partial charge in [0.15, 0.2) is 17.4 Å². The van der Waals surface area contributed by atoms with Crippen molar-refractivity contribution in [1.82, 2.24) is 0 Å². The van der Waals surface area contributed by atoms with Crippen molar-refractivity contribution in [3.8, 4) is 0 Å². The molecule has 31 atom stereocenters. The topological polar surface area (TPSA) is 213 Å². The highest BCUT2D eigenvalue weighted by atomic mass is 16.8. The minimum Gasteiger partial charge on any atom is -0.481 e. The number of aliphatic hydroxyl groups is 1. The molecule has 78 heavy (non-hydrogen) atoms. The van der Waals surface area contributed by atoms with Gasteiger partial charge in [-0.25, -0.2) is 0 Å². The van der Waals surface area contributed by atoms with Crippen LogP contribution in [0.15, 0.2) is 24.3 Å². The Morgan fingerprint density at radius 2 is 1.18 bits per heavy atom. The Kier molecular flexibility index (Phi) is 13.1. The Bertz CT molecular complexity index is 2370. The lowest BCUT2D eigenvalue weighted by molar-refractivity contribution is -0.371. The van der Waals surface area contributed by atoms with Crippen LogP contribution in [0, 0.1) is 23.7 Å². The fraction of sp³-hybridized carbons (Fsp3) is 0.898. The number of hydrogen-bond donors (Lipinski definition) is 2. The summed E-state index contributed by atoms with van der Waals surface area (Å²) in [5, 5.41) is 20.4. The minimum absolute atomic E-state index is 0.00942. The van der Waals surface area contributed by atoms with Crippen molar-refractivity contribution < 1.29 is 90.9 Å². The molecule has 0 aromatic carbocycles. The maximum atomic E-state index is 14.6. The quantitative estimate of drug-likeness (QED) is 0.252. The van der Waals surface area contributed by atoms with Crippen LogP contribution in [0.3, 0.4) is 0 Å². The molecule has 3 spiro atoms. The molecule has 0 aromatic heterocycles. The van der Waals surface area contributed by atoms with Crippen LogP contribution >= 0.6 is 0 Å². The predicted octanol–water partition coefficient (Wildman–Crippen LogP) is 5.66. The minimum atomic E-state index is -1.00. The molecule has 19 heteroatoms. The number of carbonyl (C=O) groups excluding carboxylic acids is 1. The van der Waals surface area contributed by atoms with E-state index in [0.717, 1.165) is 43.3 Å². The van der Waals surface area contributed by atoms with Crippen LogP contribution in [0.2, 0.25) is 0 Å². The predicted molar refractivity (Wildman–Crippen MR) is 268 cm³/mol. The van der Waals surface area contributed by atoms with Gasteiger partial charge < -0.3 is 81.3 Å². The summed E-state index contributed by atoms with van der Waals surface area (Å²) in [5.41, 5.74) is 2.14. The highest BCUT2D eigenvalue weighted by Gasteiger charge is 2.70. The van der Waals surface area contributed by atoms with Gasteiger partial charge in [-0.05, 0) is 73.8 Å². The molecule has 1 unspecified atom stereocenters. The number of aliphatic carboxylic acids is 1. The van der Waals surface area contributed by atoms with Crippen molar-refractivity contribution in [2.24, 2.45) is 23.7 Å². The molecule has 16 fully saturated rings. The number of esters is 1. The van der Waals surface area contributed by atoms with E-state index in [1.807, 2.05) is 0 Å². The lowest BCUT2D eigenvalue weighted by atomic mass is 9.78. The highest BCUT2D eigenvalue weighted by molar-refractivity contribution is 5.70. The third-order valence-corrected chi connectivity index (χ3v) is 21.6. The summed E-state index contributed by atoms with van der Waals surface area (Å²) in [6.45, 7) is 17.7. The zero-order chi connectivity index (χ0) is 53.3. The molecule has 432 valence electrons. The molecular weight excluding hydrogens is 1010 g/mol. The zero-order valence-electron chi connectivity index (χ0n) is 45.6. The smallest absolute Gasteiger partial charge is 0.308 e. The van der Waals surface area contributed by atoms with E-state index in [4.69, 9.17) is 71.1 Å². The molecule has 0 aliphatic carbocycles. The van der Waals surface area contributed by atoms with Gasteiger partial charge in [-0.1, -0.05) is 40.9 Å². The summed E-state index contributed by atoms with van der Waals surface area (Å²) < 4.78 is 103. The second kappa shape index (κ2) is 19.4. The summed E-state index contributed by atoms with van der Waals surface area (Å²) >= 11 is 0. The molecule has 16 rings (SSSR count). The Morgan fingerprint density at radius 1 is 0.513 bits per heavy atom. The van der Waals surface area contributed by atoms with Crippen LogP contribution in [-0.2, 0) is 80.6 Å². The van der Waals surface area contributed by atoms with E-state index in [9.17, 15) is 19.8 Å². The Morgan fingerprint density at radius 3 is 2.03 bits per heavy atom. The van der Waals surface area contributed by atoms with Crippen molar-refractivity contribution in [2.45, 2.75) is 307 Å². The molecular formula is C59H82O19. The van der Waals surface area contributed by atoms with E-state index in [2.05, 4.69) is 40.9 Å². The maximum absolute atomic E-state index is 14.6. The summed E-state index contributed by atoms with van der Waals surface area (Å²) in [6.07, 6.45) is 1.76. The number of carbonyl (C=O) groups is 2. The van der Waals surface area contributed by atoms with Crippen LogP contribution < -0.4 is 0 Å². The first-order chi connectivity index (χ1) is 37.4. The van der Waals surface area contributed by atoms with Crippen LogP contribution in [0.25, 0.3) is 0 Å². The average molecular weight is 1100 g/mol. The van der Waals surface area contributed by atoms with Crippen molar-refractivity contribution in [3.63, 3.8) is 0 Å². The second-order valence-corrected chi connectivity index (χ2v) is 27.1. The van der Waals surface area contributed by atoms with Gasteiger partial charge >= 0.3 is 11.9 Å². The summed E-state index contributed by atoms with van der Waals surface area (Å²) in [5.74, 6) is -3.99. The molecule has 16 saturated heterocycles. The first-order valence-corrected chi connectivity index (χ1v) is 30.2. The number of rotatable bonds is 2. The Balaban J connectivity index is 0.661. The lowest BCUT2D eigenvalue weighted by Crippen LogP contribution is -2.62. The van der Waals surface area contributed by atoms with Crippen molar-refractivity contribution in [3.05, 3.63) is 24.3 Å². The Hall–Kier alpha value is -2.18. The van der Waals surface area contributed by atoms with E-state index < -0.39 is 72.2 Å². The molecule has 0 radical (unpaired) electrons. The molecule has 12 bridgehead atoms. The zero-order valence-corrected chi connectivity index (χ0v) is 45.6. The van der Waals surface area contributed by atoms with Gasteiger partial charge in [-0.15, -0.1) is 0 Å². The third-order valence-electron chi connectivity index (χ3n) is 21.6. The fourth-order valence-corrected chi connectivity index (χ4v) is 18.0. The van der Waals surface area contributed by atoms with Crippen LogP contribution in [0.4, 0.5) is 0 Å². The number of ether oxygens (including phenoxy) is 15. The van der Waals surface area contributed by atoms with Gasteiger partial charge in [0, 0.05) is 63.7 Å². The van der Waals surface area contributed by atoms with Gasteiger partial charge in [0.05, 0.1) is 123 Å². The first-order valence-electron chi connectivity index (χ1n) is 30.2. The normalized spacial score (nSPS) is 58.0. The van der Waals surface area contributed by atoms with E-state index in [0.29, 0.717) is 64.2 Å². The number of carboxylic acid groups (broad SMARTS) is 1. The monoisotopic (exact) mass is 1090 g/mol. The summed E-state index contributed by atoms with van der Waals surface area (Å²) in [7, 11) is 0. The number of aliphatic hydroxyl groups excluding tert-OH is 1. The van der Waals surface area contributed by atoms with E-state index in [-0.39, 0.29) is 147 Å². The van der Waals surface area contributed by atoms with Gasteiger partial charge in [0.25, 0.3) is 0 Å². The fourth-order valence-electron chi connectivity index (χ4n) is 18.0. The number of carboxylic acids is 1. The average Bonchev–Trinajstić information content (AvgIpc) is 4.05. The maximum Gasteiger partial charge on any atom is 0.308 e. The van der Waals surface area contributed by atoms with E-state index in [1.54, 1.807) is 0 Å². The van der Waals surface area contributed by atoms with Crippen molar-refractivity contribution in [1.29, 1.82) is 0 Å². The van der Waals surface area contributed by atoms with Crippen LogP contribution in [0.5, 0.6) is 0 Å².